The maximum atomic E-state index is 12.0. The molecule has 162 valence electrons. The predicted molar refractivity (Wildman–Crippen MR) is 103 cm³/mol. The third-order valence-electron chi connectivity index (χ3n) is 4.17. The summed E-state index contributed by atoms with van der Waals surface area (Å²) in [7, 11) is 0. The number of amides is 1. The van der Waals surface area contributed by atoms with Crippen molar-refractivity contribution in [1.82, 2.24) is 5.32 Å². The van der Waals surface area contributed by atoms with Crippen LogP contribution in [0.4, 0.5) is 0 Å². The number of hydrogen-bond donors (Lipinski definition) is 8. The molecule has 0 aromatic carbocycles. The number of ketones is 1. The predicted octanol–water partition coefficient (Wildman–Crippen LogP) is -4.87. The first kappa shape index (κ1) is 26.1. The summed E-state index contributed by atoms with van der Waals surface area (Å²) in [5.41, 5.74) is 6.52. The van der Waals surface area contributed by atoms with Crippen molar-refractivity contribution in [2.45, 2.75) is 76.8 Å². The van der Waals surface area contributed by atoms with Crippen molar-refractivity contribution in [3.05, 3.63) is 0 Å². The zero-order valence-corrected chi connectivity index (χ0v) is 16.7. The molecule has 0 radical (unpaired) electrons. The Bertz CT molecular complexity index is 540. The van der Waals surface area contributed by atoms with Crippen LogP contribution in [0.1, 0.15) is 52.4 Å². The molecule has 10 heteroatoms. The Kier molecular flexibility index (Phi) is 13.2. The van der Waals surface area contributed by atoms with E-state index in [4.69, 9.17) is 11.1 Å². The van der Waals surface area contributed by atoms with E-state index in [0.717, 1.165) is 12.1 Å². The van der Waals surface area contributed by atoms with Gasteiger partial charge in [0.05, 0.1) is 13.0 Å². The lowest BCUT2D eigenvalue weighted by molar-refractivity contribution is -0.459. The van der Waals surface area contributed by atoms with Crippen molar-refractivity contribution < 1.29 is 40.4 Å². The normalized spacial score (nSPS) is 16.1. The topological polar surface area (TPSA) is 193 Å². The Balaban J connectivity index is 4.39. The summed E-state index contributed by atoms with van der Waals surface area (Å²) in [5, 5.41) is 47.4. The fraction of sp³-hybridized carbons (Fsp3) is 0.778. The van der Waals surface area contributed by atoms with Gasteiger partial charge in [0.25, 0.3) is 5.91 Å². The van der Waals surface area contributed by atoms with E-state index in [1.807, 2.05) is 6.92 Å². The number of carbonyl (C=O) groups is 2. The SMILES string of the molecule is CCCCNC(=O)[C@@H](O)[C@H](O)[C@H](O)[C@@H](O)C(=O)CCC[NH+]=C(N)CCC(C)=[NH2+]. The van der Waals surface area contributed by atoms with E-state index in [1.165, 1.54) is 0 Å². The molecule has 0 heterocycles. The van der Waals surface area contributed by atoms with Crippen LogP contribution >= 0.6 is 0 Å². The van der Waals surface area contributed by atoms with Crippen LogP contribution in [0.15, 0.2) is 0 Å². The van der Waals surface area contributed by atoms with Crippen LogP contribution in [-0.2, 0) is 9.59 Å². The van der Waals surface area contributed by atoms with Crippen LogP contribution < -0.4 is 21.5 Å². The molecule has 0 spiro atoms. The largest absolute Gasteiger partial charge is 0.387 e. The summed E-state index contributed by atoms with van der Waals surface area (Å²) >= 11 is 0. The fourth-order valence-electron chi connectivity index (χ4n) is 2.29. The molecule has 0 saturated heterocycles. The minimum atomic E-state index is -1.99. The summed E-state index contributed by atoms with van der Waals surface area (Å²) in [6.45, 7) is 4.41. The molecule has 0 saturated carbocycles. The fourth-order valence-corrected chi connectivity index (χ4v) is 2.29. The number of Topliss-reactive ketones (excluding diaryl/α,β-unsaturated/α-hetero) is 1. The van der Waals surface area contributed by atoms with Gasteiger partial charge in [0.2, 0.25) is 5.84 Å². The number of nitrogens with one attached hydrogen (secondary N) is 2. The number of aliphatic hydroxyl groups is 4. The molecule has 4 atom stereocenters. The molecule has 0 aromatic rings. The average Bonchev–Trinajstić information content (AvgIpc) is 2.67. The van der Waals surface area contributed by atoms with E-state index in [0.29, 0.717) is 44.6 Å². The third kappa shape index (κ3) is 10.5. The maximum absolute atomic E-state index is 12.0. The molecular formula is C18H36N4O6+2. The van der Waals surface area contributed by atoms with Gasteiger partial charge in [-0.3, -0.25) is 25.7 Å². The lowest BCUT2D eigenvalue weighted by Crippen LogP contribution is -2.75. The summed E-state index contributed by atoms with van der Waals surface area (Å²) in [6.07, 6.45) is -4.83. The van der Waals surface area contributed by atoms with Gasteiger partial charge in [0, 0.05) is 26.3 Å². The molecule has 0 aliphatic rings. The summed E-state index contributed by atoms with van der Waals surface area (Å²) < 4.78 is 0. The second-order valence-electron chi connectivity index (χ2n) is 6.88. The standard InChI is InChI=1S/C18H34N4O6/c1-3-4-9-22-18(28)17(27)16(26)15(25)14(24)12(23)6-5-10-21-13(20)8-7-11(2)19/h14-17,19,24-27H,3-10H2,1-2H3,(H2,20,21)(H,22,28)/p+2/t14-,15+,16+,17-/m0/s1. The molecule has 0 unspecified atom stereocenters. The molecule has 0 aromatic heterocycles. The minimum Gasteiger partial charge on any atom is -0.387 e. The number of hydrogen-bond acceptors (Lipinski definition) is 6. The lowest BCUT2D eigenvalue weighted by atomic mass is 9.97. The summed E-state index contributed by atoms with van der Waals surface area (Å²) in [6, 6.07) is 0. The lowest BCUT2D eigenvalue weighted by Gasteiger charge is -2.25. The van der Waals surface area contributed by atoms with Gasteiger partial charge in [-0.1, -0.05) is 13.3 Å². The van der Waals surface area contributed by atoms with Gasteiger partial charge in [-0.05, 0) is 12.8 Å². The molecule has 1 amide bonds. The molecule has 10 nitrogen and oxygen atoms in total. The molecular weight excluding hydrogens is 368 g/mol. The van der Waals surface area contributed by atoms with Gasteiger partial charge in [-0.2, -0.15) is 0 Å². The average molecular weight is 405 g/mol. The number of carbonyl (C=O) groups excluding carboxylic acids is 2. The zero-order chi connectivity index (χ0) is 21.7. The summed E-state index contributed by atoms with van der Waals surface area (Å²) in [5.74, 6) is -1.05. The van der Waals surface area contributed by atoms with Gasteiger partial charge in [-0.15, -0.1) is 0 Å². The minimum absolute atomic E-state index is 0.0773. The van der Waals surface area contributed by atoms with Crippen LogP contribution in [0.25, 0.3) is 0 Å². The van der Waals surface area contributed by atoms with E-state index in [1.54, 1.807) is 6.92 Å². The van der Waals surface area contributed by atoms with E-state index in [2.05, 4.69) is 10.3 Å². The van der Waals surface area contributed by atoms with Crippen molar-refractivity contribution in [2.75, 3.05) is 13.1 Å². The van der Waals surface area contributed by atoms with Gasteiger partial charge < -0.3 is 25.7 Å². The van der Waals surface area contributed by atoms with Crippen molar-refractivity contribution in [2.24, 2.45) is 5.73 Å². The zero-order valence-electron chi connectivity index (χ0n) is 16.7. The Morgan fingerprint density at radius 1 is 1.04 bits per heavy atom. The highest BCUT2D eigenvalue weighted by Gasteiger charge is 2.36. The van der Waals surface area contributed by atoms with Crippen LogP contribution in [0.5, 0.6) is 0 Å². The molecule has 0 fully saturated rings. The van der Waals surface area contributed by atoms with Gasteiger partial charge in [0.15, 0.2) is 11.9 Å². The number of amidine groups is 1. The van der Waals surface area contributed by atoms with E-state index in [9.17, 15) is 30.0 Å². The highest BCUT2D eigenvalue weighted by molar-refractivity contribution is 5.84. The van der Waals surface area contributed by atoms with Gasteiger partial charge in [0.1, 0.15) is 24.0 Å². The van der Waals surface area contributed by atoms with Crippen molar-refractivity contribution in [1.29, 1.82) is 0 Å². The smallest absolute Gasteiger partial charge is 0.251 e. The van der Waals surface area contributed by atoms with Crippen molar-refractivity contribution in [3.63, 3.8) is 0 Å². The molecule has 10 N–H and O–H groups in total. The van der Waals surface area contributed by atoms with Crippen LogP contribution in [0.2, 0.25) is 0 Å². The Morgan fingerprint density at radius 2 is 1.64 bits per heavy atom. The van der Waals surface area contributed by atoms with Crippen molar-refractivity contribution >= 4 is 23.2 Å². The Hall–Kier alpha value is -1.88. The molecule has 0 aliphatic carbocycles. The first-order valence-electron chi connectivity index (χ1n) is 9.57. The second-order valence-corrected chi connectivity index (χ2v) is 6.88. The molecule has 0 rings (SSSR count). The van der Waals surface area contributed by atoms with Gasteiger partial charge in [-0.25, -0.2) is 0 Å². The number of unbranched alkanes of at least 4 members (excludes halogenated alkanes) is 1. The highest BCUT2D eigenvalue weighted by Crippen LogP contribution is 2.09. The monoisotopic (exact) mass is 404 g/mol. The molecule has 28 heavy (non-hydrogen) atoms. The van der Waals surface area contributed by atoms with Crippen molar-refractivity contribution in [3.8, 4) is 0 Å². The quantitative estimate of drug-likeness (QED) is 0.0761. The third-order valence-corrected chi connectivity index (χ3v) is 4.17. The molecule has 0 bridgehead atoms. The summed E-state index contributed by atoms with van der Waals surface area (Å²) in [4.78, 5) is 26.6. The first-order chi connectivity index (χ1) is 13.1. The van der Waals surface area contributed by atoms with E-state index < -0.39 is 36.1 Å². The number of nitrogens with two attached hydrogens (primary N) is 2. The van der Waals surface area contributed by atoms with Crippen LogP contribution in [0.3, 0.4) is 0 Å². The number of rotatable bonds is 15. The van der Waals surface area contributed by atoms with Gasteiger partial charge >= 0.3 is 0 Å². The number of aliphatic hydroxyl groups excluding tert-OH is 4. The van der Waals surface area contributed by atoms with E-state index >= 15 is 0 Å². The Morgan fingerprint density at radius 3 is 2.21 bits per heavy atom. The first-order valence-corrected chi connectivity index (χ1v) is 9.57. The maximum Gasteiger partial charge on any atom is 0.251 e. The van der Waals surface area contributed by atoms with Crippen LogP contribution in [0, 0.1) is 0 Å². The molecule has 0 aliphatic heterocycles. The highest BCUT2D eigenvalue weighted by atomic mass is 16.4. The van der Waals surface area contributed by atoms with E-state index in [-0.39, 0.29) is 6.42 Å². The second kappa shape index (κ2) is 14.2. The Labute approximate surface area is 165 Å². The van der Waals surface area contributed by atoms with Crippen LogP contribution in [-0.4, -0.2) is 81.2 Å².